The standard InChI is InChI=1S/C9H14N4S/c1-7-11-5-3-9(12-7)13(2)6-4-8(10)14/h3,5H,4,6H2,1-2H3,(H2,10,14). The largest absolute Gasteiger partial charge is 0.393 e. The number of nitrogens with zero attached hydrogens (tertiary/aromatic N) is 3. The fourth-order valence-electron chi connectivity index (χ4n) is 1.05. The molecule has 76 valence electrons. The first kappa shape index (κ1) is 10.8. The Kier molecular flexibility index (Phi) is 3.76. The number of thiocarbonyl (C=S) groups is 1. The molecule has 0 saturated carbocycles. The van der Waals surface area contributed by atoms with Gasteiger partial charge in [0.05, 0.1) is 4.99 Å². The lowest BCUT2D eigenvalue weighted by Gasteiger charge is -2.17. The summed E-state index contributed by atoms with van der Waals surface area (Å²) in [5.41, 5.74) is 5.42. The van der Waals surface area contributed by atoms with Crippen LogP contribution in [0.4, 0.5) is 5.82 Å². The zero-order valence-corrected chi connectivity index (χ0v) is 9.21. The maximum Gasteiger partial charge on any atom is 0.131 e. The molecular formula is C9H14N4S. The van der Waals surface area contributed by atoms with E-state index in [1.165, 1.54) is 0 Å². The molecule has 0 bridgehead atoms. The molecule has 2 N–H and O–H groups in total. The quantitative estimate of drug-likeness (QED) is 0.748. The third-order valence-electron chi connectivity index (χ3n) is 1.85. The van der Waals surface area contributed by atoms with Crippen LogP contribution in [0.2, 0.25) is 0 Å². The number of hydrogen-bond donors (Lipinski definition) is 1. The smallest absolute Gasteiger partial charge is 0.131 e. The molecule has 0 radical (unpaired) electrons. The third kappa shape index (κ3) is 3.26. The Morgan fingerprint density at radius 2 is 2.36 bits per heavy atom. The van der Waals surface area contributed by atoms with E-state index in [9.17, 15) is 0 Å². The molecule has 0 aliphatic carbocycles. The van der Waals surface area contributed by atoms with Gasteiger partial charge in [-0.25, -0.2) is 9.97 Å². The van der Waals surface area contributed by atoms with Gasteiger partial charge in [0.15, 0.2) is 0 Å². The second kappa shape index (κ2) is 4.85. The van der Waals surface area contributed by atoms with Gasteiger partial charge in [0.25, 0.3) is 0 Å². The minimum Gasteiger partial charge on any atom is -0.393 e. The van der Waals surface area contributed by atoms with Crippen molar-refractivity contribution in [2.75, 3.05) is 18.5 Å². The SMILES string of the molecule is Cc1nccc(N(C)CCC(N)=S)n1. The van der Waals surface area contributed by atoms with Crippen LogP contribution in [0, 0.1) is 6.92 Å². The van der Waals surface area contributed by atoms with E-state index in [1.54, 1.807) is 6.20 Å². The summed E-state index contributed by atoms with van der Waals surface area (Å²) >= 11 is 4.81. The minimum absolute atomic E-state index is 0.530. The van der Waals surface area contributed by atoms with E-state index in [-0.39, 0.29) is 0 Å². The van der Waals surface area contributed by atoms with Crippen LogP contribution in [-0.4, -0.2) is 28.5 Å². The zero-order valence-electron chi connectivity index (χ0n) is 8.40. The minimum atomic E-state index is 0.530. The molecule has 0 atom stereocenters. The van der Waals surface area contributed by atoms with Crippen molar-refractivity contribution in [2.24, 2.45) is 5.73 Å². The fourth-order valence-corrected chi connectivity index (χ4v) is 1.14. The van der Waals surface area contributed by atoms with Crippen molar-refractivity contribution in [3.63, 3.8) is 0 Å². The Labute approximate surface area is 89.2 Å². The predicted molar refractivity (Wildman–Crippen MR) is 61.4 cm³/mol. The second-order valence-electron chi connectivity index (χ2n) is 3.10. The highest BCUT2D eigenvalue weighted by Gasteiger charge is 2.02. The lowest BCUT2D eigenvalue weighted by Crippen LogP contribution is -2.24. The van der Waals surface area contributed by atoms with Crippen LogP contribution in [0.15, 0.2) is 12.3 Å². The molecule has 1 aromatic rings. The van der Waals surface area contributed by atoms with E-state index >= 15 is 0 Å². The van der Waals surface area contributed by atoms with Gasteiger partial charge in [0, 0.05) is 26.2 Å². The highest BCUT2D eigenvalue weighted by Crippen LogP contribution is 2.07. The van der Waals surface area contributed by atoms with Crippen molar-refractivity contribution in [3.8, 4) is 0 Å². The van der Waals surface area contributed by atoms with E-state index < -0.39 is 0 Å². The van der Waals surface area contributed by atoms with Crippen LogP contribution in [0.25, 0.3) is 0 Å². The van der Waals surface area contributed by atoms with Crippen molar-refractivity contribution < 1.29 is 0 Å². The van der Waals surface area contributed by atoms with E-state index in [0.29, 0.717) is 11.4 Å². The van der Waals surface area contributed by atoms with E-state index in [4.69, 9.17) is 18.0 Å². The van der Waals surface area contributed by atoms with Gasteiger partial charge in [-0.2, -0.15) is 0 Å². The molecular weight excluding hydrogens is 196 g/mol. The Morgan fingerprint density at radius 1 is 1.64 bits per heavy atom. The van der Waals surface area contributed by atoms with Crippen molar-refractivity contribution in [1.29, 1.82) is 0 Å². The van der Waals surface area contributed by atoms with Crippen LogP contribution < -0.4 is 10.6 Å². The Balaban J connectivity index is 2.60. The lowest BCUT2D eigenvalue weighted by molar-refractivity contribution is 0.881. The monoisotopic (exact) mass is 210 g/mol. The number of nitrogens with two attached hydrogens (primary N) is 1. The van der Waals surface area contributed by atoms with Gasteiger partial charge in [-0.15, -0.1) is 0 Å². The molecule has 14 heavy (non-hydrogen) atoms. The highest BCUT2D eigenvalue weighted by atomic mass is 32.1. The molecule has 0 aromatic carbocycles. The first-order valence-corrected chi connectivity index (χ1v) is 4.79. The number of anilines is 1. The Bertz CT molecular complexity index is 326. The van der Waals surface area contributed by atoms with E-state index in [2.05, 4.69) is 9.97 Å². The molecule has 1 aromatic heterocycles. The van der Waals surface area contributed by atoms with Crippen LogP contribution >= 0.6 is 12.2 Å². The Hall–Kier alpha value is -1.23. The van der Waals surface area contributed by atoms with E-state index in [1.807, 2.05) is 24.9 Å². The highest BCUT2D eigenvalue weighted by molar-refractivity contribution is 7.80. The van der Waals surface area contributed by atoms with Gasteiger partial charge in [-0.1, -0.05) is 12.2 Å². The lowest BCUT2D eigenvalue weighted by atomic mass is 10.4. The first-order valence-electron chi connectivity index (χ1n) is 4.38. The number of aromatic nitrogens is 2. The summed E-state index contributed by atoms with van der Waals surface area (Å²) in [6.07, 6.45) is 2.45. The molecule has 5 heteroatoms. The number of rotatable bonds is 4. The predicted octanol–water partition coefficient (Wildman–Crippen LogP) is 0.897. The van der Waals surface area contributed by atoms with Crippen LogP contribution in [0.5, 0.6) is 0 Å². The molecule has 0 unspecified atom stereocenters. The van der Waals surface area contributed by atoms with Crippen molar-refractivity contribution in [1.82, 2.24) is 9.97 Å². The number of aryl methyl sites for hydroxylation is 1. The molecule has 0 aliphatic heterocycles. The summed E-state index contributed by atoms with van der Waals surface area (Å²) in [7, 11) is 1.96. The van der Waals surface area contributed by atoms with Crippen LogP contribution in [0.1, 0.15) is 12.2 Å². The van der Waals surface area contributed by atoms with Gasteiger partial charge in [-0.3, -0.25) is 0 Å². The van der Waals surface area contributed by atoms with Crippen molar-refractivity contribution >= 4 is 23.0 Å². The molecule has 0 amide bonds. The third-order valence-corrected chi connectivity index (χ3v) is 2.05. The molecule has 0 fully saturated rings. The van der Waals surface area contributed by atoms with Crippen LogP contribution in [-0.2, 0) is 0 Å². The fraction of sp³-hybridized carbons (Fsp3) is 0.444. The van der Waals surface area contributed by atoms with E-state index in [0.717, 1.165) is 18.2 Å². The summed E-state index contributed by atoms with van der Waals surface area (Å²) in [5, 5.41) is 0. The average molecular weight is 210 g/mol. The first-order chi connectivity index (χ1) is 6.59. The Morgan fingerprint density at radius 3 is 2.93 bits per heavy atom. The molecule has 0 spiro atoms. The maximum absolute atomic E-state index is 5.42. The summed E-state index contributed by atoms with van der Waals surface area (Å²) in [5.74, 6) is 1.67. The topological polar surface area (TPSA) is 55.0 Å². The molecule has 0 aliphatic rings. The molecule has 0 saturated heterocycles. The van der Waals surface area contributed by atoms with Crippen LogP contribution in [0.3, 0.4) is 0 Å². The second-order valence-corrected chi connectivity index (χ2v) is 3.62. The van der Waals surface area contributed by atoms with Gasteiger partial charge in [-0.05, 0) is 13.0 Å². The van der Waals surface area contributed by atoms with Crippen molar-refractivity contribution in [2.45, 2.75) is 13.3 Å². The average Bonchev–Trinajstić information content (AvgIpc) is 2.14. The molecule has 1 rings (SSSR count). The summed E-state index contributed by atoms with van der Waals surface area (Å²) in [6, 6.07) is 1.87. The number of hydrogen-bond acceptors (Lipinski definition) is 4. The van der Waals surface area contributed by atoms with Gasteiger partial charge >= 0.3 is 0 Å². The molecule has 1 heterocycles. The van der Waals surface area contributed by atoms with Crippen molar-refractivity contribution in [3.05, 3.63) is 18.1 Å². The van der Waals surface area contributed by atoms with Gasteiger partial charge in [0.2, 0.25) is 0 Å². The zero-order chi connectivity index (χ0) is 10.6. The maximum atomic E-state index is 5.42. The summed E-state index contributed by atoms with van der Waals surface area (Å²) < 4.78 is 0. The summed E-state index contributed by atoms with van der Waals surface area (Å²) in [4.78, 5) is 10.8. The van der Waals surface area contributed by atoms with Gasteiger partial charge in [0.1, 0.15) is 11.6 Å². The normalized spacial score (nSPS) is 9.86. The molecule has 4 nitrogen and oxygen atoms in total. The summed E-state index contributed by atoms with van der Waals surface area (Å²) in [6.45, 7) is 2.65. The van der Waals surface area contributed by atoms with Gasteiger partial charge < -0.3 is 10.6 Å².